The van der Waals surface area contributed by atoms with E-state index in [-0.39, 0.29) is 12.4 Å². The van der Waals surface area contributed by atoms with E-state index in [1.165, 1.54) is 0 Å². The van der Waals surface area contributed by atoms with Crippen LogP contribution in [-0.2, 0) is 11.4 Å². The van der Waals surface area contributed by atoms with Gasteiger partial charge in [-0.2, -0.15) is 0 Å². The summed E-state index contributed by atoms with van der Waals surface area (Å²) in [5.41, 5.74) is 4.87. The van der Waals surface area contributed by atoms with Crippen LogP contribution in [0.2, 0.25) is 0 Å². The van der Waals surface area contributed by atoms with Crippen molar-refractivity contribution in [3.05, 3.63) is 76.4 Å². The Balaban J connectivity index is 1.93. The first kappa shape index (κ1) is 23.6. The summed E-state index contributed by atoms with van der Waals surface area (Å²) >= 11 is 0. The van der Waals surface area contributed by atoms with Gasteiger partial charge in [-0.1, -0.05) is 50.3 Å². The monoisotopic (exact) mass is 407 g/mol. The summed E-state index contributed by atoms with van der Waals surface area (Å²) in [5, 5.41) is 9.24. The lowest BCUT2D eigenvalue weighted by molar-refractivity contribution is -0.110. The van der Waals surface area contributed by atoms with Crippen molar-refractivity contribution >= 4 is 17.9 Å². The molecule has 4 heteroatoms. The van der Waals surface area contributed by atoms with E-state index in [2.05, 4.69) is 18.7 Å². The Kier molecular flexibility index (Phi) is 9.52. The molecule has 0 saturated heterocycles. The molecule has 0 aliphatic rings. The largest absolute Gasteiger partial charge is 0.492 e. The fraction of sp³-hybridized carbons (Fsp3) is 0.346. The van der Waals surface area contributed by atoms with Crippen LogP contribution in [0.4, 0.5) is 0 Å². The molecule has 0 radical (unpaired) electrons. The van der Waals surface area contributed by atoms with Crippen LogP contribution in [0, 0.1) is 13.8 Å². The summed E-state index contributed by atoms with van der Waals surface area (Å²) in [6.07, 6.45) is 6.74. The molecule has 0 atom stereocenters. The SMILES string of the molecule is CCN(CC)CCOc1ccc(C=CC(=O)C=Cc2ccc(CO)c(C)c2)cc1C. The van der Waals surface area contributed by atoms with Gasteiger partial charge >= 0.3 is 0 Å². The number of carbonyl (C=O) groups is 1. The lowest BCUT2D eigenvalue weighted by Crippen LogP contribution is -2.28. The molecule has 0 aliphatic heterocycles. The van der Waals surface area contributed by atoms with E-state index in [1.807, 2.05) is 56.3 Å². The fourth-order valence-corrected chi connectivity index (χ4v) is 3.18. The maximum Gasteiger partial charge on any atom is 0.178 e. The molecule has 2 aromatic rings. The van der Waals surface area contributed by atoms with Crippen LogP contribution in [0.3, 0.4) is 0 Å². The second-order valence-electron chi connectivity index (χ2n) is 7.31. The molecule has 0 saturated carbocycles. The van der Waals surface area contributed by atoms with Gasteiger partial charge in [0.2, 0.25) is 0 Å². The zero-order valence-electron chi connectivity index (χ0n) is 18.5. The van der Waals surface area contributed by atoms with Crippen molar-refractivity contribution < 1.29 is 14.6 Å². The van der Waals surface area contributed by atoms with Crippen molar-refractivity contribution in [3.8, 4) is 5.75 Å². The first-order chi connectivity index (χ1) is 14.5. The van der Waals surface area contributed by atoms with Crippen LogP contribution in [-0.4, -0.2) is 42.0 Å². The van der Waals surface area contributed by atoms with Crippen molar-refractivity contribution in [2.75, 3.05) is 26.2 Å². The van der Waals surface area contributed by atoms with Crippen LogP contribution in [0.15, 0.2) is 48.6 Å². The Morgan fingerprint density at radius 2 is 1.57 bits per heavy atom. The quantitative estimate of drug-likeness (QED) is 0.543. The van der Waals surface area contributed by atoms with Gasteiger partial charge in [0.15, 0.2) is 5.78 Å². The number of aryl methyl sites for hydroxylation is 2. The molecule has 0 heterocycles. The predicted octanol–water partition coefficient (Wildman–Crippen LogP) is 4.81. The minimum Gasteiger partial charge on any atom is -0.492 e. The molecular weight excluding hydrogens is 374 g/mol. The van der Waals surface area contributed by atoms with Crippen molar-refractivity contribution in [3.63, 3.8) is 0 Å². The van der Waals surface area contributed by atoms with E-state index in [0.717, 1.165) is 53.2 Å². The average molecular weight is 408 g/mol. The van der Waals surface area contributed by atoms with Crippen LogP contribution in [0.25, 0.3) is 12.2 Å². The van der Waals surface area contributed by atoms with Crippen LogP contribution in [0.5, 0.6) is 5.75 Å². The van der Waals surface area contributed by atoms with Crippen molar-refractivity contribution in [2.24, 2.45) is 0 Å². The van der Waals surface area contributed by atoms with Gasteiger partial charge in [-0.15, -0.1) is 0 Å². The number of likely N-dealkylation sites (N-methyl/N-ethyl adjacent to an activating group) is 1. The Labute approximate surface area is 180 Å². The molecule has 0 amide bonds. The third-order valence-corrected chi connectivity index (χ3v) is 5.18. The Hall–Kier alpha value is -2.69. The zero-order chi connectivity index (χ0) is 21.9. The number of aliphatic hydroxyl groups excluding tert-OH is 1. The summed E-state index contributed by atoms with van der Waals surface area (Å²) in [7, 11) is 0. The highest BCUT2D eigenvalue weighted by Gasteiger charge is 2.03. The lowest BCUT2D eigenvalue weighted by Gasteiger charge is -2.18. The molecular formula is C26H33NO3. The summed E-state index contributed by atoms with van der Waals surface area (Å²) in [5.74, 6) is 0.809. The third kappa shape index (κ3) is 7.29. The maximum atomic E-state index is 12.2. The molecule has 0 aromatic heterocycles. The Morgan fingerprint density at radius 3 is 2.10 bits per heavy atom. The van der Waals surface area contributed by atoms with Crippen molar-refractivity contribution in [2.45, 2.75) is 34.3 Å². The predicted molar refractivity (Wildman–Crippen MR) is 125 cm³/mol. The number of carbonyl (C=O) groups excluding carboxylic acids is 1. The minimum absolute atomic E-state index is 0.0245. The summed E-state index contributed by atoms with van der Waals surface area (Å²) < 4.78 is 5.91. The number of allylic oxidation sites excluding steroid dienone is 2. The Bertz CT molecular complexity index is 895. The fourth-order valence-electron chi connectivity index (χ4n) is 3.18. The average Bonchev–Trinajstić information content (AvgIpc) is 2.75. The van der Waals surface area contributed by atoms with Gasteiger partial charge in [-0.25, -0.2) is 0 Å². The third-order valence-electron chi connectivity index (χ3n) is 5.18. The summed E-state index contributed by atoms with van der Waals surface area (Å²) in [6.45, 7) is 11.9. The number of aliphatic hydroxyl groups is 1. The topological polar surface area (TPSA) is 49.8 Å². The highest BCUT2D eigenvalue weighted by atomic mass is 16.5. The zero-order valence-corrected chi connectivity index (χ0v) is 18.5. The molecule has 0 spiro atoms. The summed E-state index contributed by atoms with van der Waals surface area (Å²) in [6, 6.07) is 11.7. The first-order valence-corrected chi connectivity index (χ1v) is 10.5. The number of rotatable bonds is 11. The number of benzene rings is 2. The smallest absolute Gasteiger partial charge is 0.178 e. The van der Waals surface area contributed by atoms with Crippen LogP contribution < -0.4 is 4.74 Å². The van der Waals surface area contributed by atoms with Gasteiger partial charge in [-0.05, 0) is 79.0 Å². The van der Waals surface area contributed by atoms with Gasteiger partial charge in [0, 0.05) is 6.54 Å². The lowest BCUT2D eigenvalue weighted by atomic mass is 10.0. The number of ketones is 1. The van der Waals surface area contributed by atoms with Gasteiger partial charge in [0.25, 0.3) is 0 Å². The molecule has 4 nitrogen and oxygen atoms in total. The number of hydrogen-bond acceptors (Lipinski definition) is 4. The van der Waals surface area contributed by atoms with Crippen molar-refractivity contribution in [1.29, 1.82) is 0 Å². The standard InChI is InChI=1S/C26H33NO3/c1-5-27(6-2)15-16-30-26-14-10-23(18-21(26)4)9-13-25(29)12-8-22-7-11-24(19-28)20(3)17-22/h7-14,17-18,28H,5-6,15-16,19H2,1-4H3. The van der Waals surface area contributed by atoms with E-state index in [1.54, 1.807) is 18.2 Å². The molecule has 0 aliphatic carbocycles. The second kappa shape index (κ2) is 12.1. The molecule has 1 N–H and O–H groups in total. The highest BCUT2D eigenvalue weighted by Crippen LogP contribution is 2.20. The van der Waals surface area contributed by atoms with E-state index in [4.69, 9.17) is 4.74 Å². The second-order valence-corrected chi connectivity index (χ2v) is 7.31. The van der Waals surface area contributed by atoms with E-state index < -0.39 is 0 Å². The first-order valence-electron chi connectivity index (χ1n) is 10.5. The number of ether oxygens (including phenoxy) is 1. The van der Waals surface area contributed by atoms with E-state index in [0.29, 0.717) is 6.61 Å². The van der Waals surface area contributed by atoms with Crippen molar-refractivity contribution in [1.82, 2.24) is 4.90 Å². The molecule has 0 fully saturated rings. The maximum absolute atomic E-state index is 12.2. The molecule has 160 valence electrons. The van der Waals surface area contributed by atoms with E-state index in [9.17, 15) is 9.90 Å². The van der Waals surface area contributed by atoms with Gasteiger partial charge in [0.05, 0.1) is 6.61 Å². The van der Waals surface area contributed by atoms with Gasteiger partial charge in [-0.3, -0.25) is 4.79 Å². The van der Waals surface area contributed by atoms with Crippen LogP contribution >= 0.6 is 0 Å². The van der Waals surface area contributed by atoms with Gasteiger partial charge < -0.3 is 14.7 Å². The molecule has 30 heavy (non-hydrogen) atoms. The Morgan fingerprint density at radius 1 is 0.967 bits per heavy atom. The number of nitrogens with zero attached hydrogens (tertiary/aromatic N) is 1. The van der Waals surface area contributed by atoms with E-state index >= 15 is 0 Å². The molecule has 2 aromatic carbocycles. The number of hydrogen-bond donors (Lipinski definition) is 1. The summed E-state index contributed by atoms with van der Waals surface area (Å²) in [4.78, 5) is 14.5. The minimum atomic E-state index is -0.0731. The molecule has 2 rings (SSSR count). The molecule has 0 bridgehead atoms. The normalized spacial score (nSPS) is 11.7. The highest BCUT2D eigenvalue weighted by molar-refractivity contribution is 6.04. The van der Waals surface area contributed by atoms with Gasteiger partial charge in [0.1, 0.15) is 12.4 Å². The molecule has 0 unspecified atom stereocenters. The van der Waals surface area contributed by atoms with Crippen LogP contribution in [0.1, 0.15) is 41.7 Å².